The van der Waals surface area contributed by atoms with Gasteiger partial charge in [0.1, 0.15) is 11.6 Å². The average Bonchev–Trinajstić information content (AvgIpc) is 3.22. The van der Waals surface area contributed by atoms with Crippen LogP contribution in [0, 0.1) is 11.7 Å². The van der Waals surface area contributed by atoms with Crippen LogP contribution in [-0.2, 0) is 6.42 Å². The van der Waals surface area contributed by atoms with Crippen molar-refractivity contribution in [2.24, 2.45) is 5.92 Å². The zero-order valence-corrected chi connectivity index (χ0v) is 17.9. The highest BCUT2D eigenvalue weighted by Crippen LogP contribution is 2.45. The Morgan fingerprint density at radius 2 is 1.97 bits per heavy atom. The second-order valence-electron chi connectivity index (χ2n) is 9.06. The molecule has 2 aliphatic rings. The van der Waals surface area contributed by atoms with E-state index >= 15 is 0 Å². The van der Waals surface area contributed by atoms with E-state index in [0.29, 0.717) is 6.42 Å². The van der Waals surface area contributed by atoms with Crippen molar-refractivity contribution < 1.29 is 13.9 Å². The summed E-state index contributed by atoms with van der Waals surface area (Å²) in [7, 11) is 2.15. The van der Waals surface area contributed by atoms with Crippen LogP contribution in [0.3, 0.4) is 0 Å². The first-order valence-electron chi connectivity index (χ1n) is 11.1. The topological polar surface area (TPSA) is 39.9 Å². The standard InChI is InChI=1S/C25H33FN2O2/c1-19-23(24-10-5-15-30-24)9-4-7-21(18-28-13-11-27(2)12-14-28)25(19,29)17-20-6-3-8-22(26)16-20/h3,5-6,8,10,15-16,21,23,29H,1,4,7,9,11-14,17-18H2,2H3. The monoisotopic (exact) mass is 412 g/mol. The zero-order chi connectivity index (χ0) is 21.1. The molecule has 3 unspecified atom stereocenters. The molecular weight excluding hydrogens is 379 g/mol. The number of nitrogens with zero attached hydrogens (tertiary/aromatic N) is 2. The van der Waals surface area contributed by atoms with Crippen LogP contribution in [0.4, 0.5) is 4.39 Å². The van der Waals surface area contributed by atoms with E-state index in [9.17, 15) is 9.50 Å². The summed E-state index contributed by atoms with van der Waals surface area (Å²) in [6, 6.07) is 10.5. The molecule has 3 atom stereocenters. The Bertz CT molecular complexity index is 845. The Labute approximate surface area is 179 Å². The number of halogens is 1. The first-order chi connectivity index (χ1) is 14.5. The molecule has 1 aromatic carbocycles. The van der Waals surface area contributed by atoms with Crippen molar-refractivity contribution in [3.05, 3.63) is 72.0 Å². The summed E-state index contributed by atoms with van der Waals surface area (Å²) in [5, 5.41) is 12.2. The highest BCUT2D eigenvalue weighted by molar-refractivity contribution is 5.33. The molecule has 2 heterocycles. The fourth-order valence-electron chi connectivity index (χ4n) is 5.15. The lowest BCUT2D eigenvalue weighted by atomic mass is 9.73. The normalized spacial score (nSPS) is 29.1. The van der Waals surface area contributed by atoms with Crippen molar-refractivity contribution in [3.8, 4) is 0 Å². The summed E-state index contributed by atoms with van der Waals surface area (Å²) in [5.74, 6) is 0.624. The van der Waals surface area contributed by atoms with Crippen molar-refractivity contribution in [3.63, 3.8) is 0 Å². The van der Waals surface area contributed by atoms with Gasteiger partial charge in [-0.2, -0.15) is 0 Å². The molecule has 0 amide bonds. The third-order valence-electron chi connectivity index (χ3n) is 7.02. The van der Waals surface area contributed by atoms with Gasteiger partial charge in [-0.3, -0.25) is 0 Å². The molecule has 1 saturated heterocycles. The molecule has 162 valence electrons. The van der Waals surface area contributed by atoms with Crippen LogP contribution >= 0.6 is 0 Å². The van der Waals surface area contributed by atoms with E-state index in [1.807, 2.05) is 18.2 Å². The van der Waals surface area contributed by atoms with E-state index in [0.717, 1.165) is 68.9 Å². The Morgan fingerprint density at radius 1 is 1.17 bits per heavy atom. The predicted molar refractivity (Wildman–Crippen MR) is 117 cm³/mol. The Balaban J connectivity index is 1.63. The molecule has 0 bridgehead atoms. The first kappa shape index (κ1) is 21.3. The van der Waals surface area contributed by atoms with Gasteiger partial charge in [0.25, 0.3) is 0 Å². The number of hydrogen-bond acceptors (Lipinski definition) is 4. The number of furan rings is 1. The molecular formula is C25H33FN2O2. The van der Waals surface area contributed by atoms with E-state index in [4.69, 9.17) is 4.42 Å². The Hall–Kier alpha value is -1.95. The van der Waals surface area contributed by atoms with E-state index in [2.05, 4.69) is 23.4 Å². The SMILES string of the molecule is C=C1C(c2ccco2)CCCC(CN2CCN(C)CC2)C1(O)Cc1cccc(F)c1. The van der Waals surface area contributed by atoms with E-state index in [1.54, 1.807) is 12.3 Å². The predicted octanol–water partition coefficient (Wildman–Crippen LogP) is 4.08. The van der Waals surface area contributed by atoms with Crippen molar-refractivity contribution >= 4 is 0 Å². The molecule has 4 rings (SSSR count). The molecule has 4 nitrogen and oxygen atoms in total. The fraction of sp³-hybridized carbons (Fsp3) is 0.520. The van der Waals surface area contributed by atoms with Crippen LogP contribution < -0.4 is 0 Å². The van der Waals surface area contributed by atoms with Gasteiger partial charge in [0.15, 0.2) is 0 Å². The van der Waals surface area contributed by atoms with Gasteiger partial charge in [0.2, 0.25) is 0 Å². The number of aliphatic hydroxyl groups is 1. The zero-order valence-electron chi connectivity index (χ0n) is 17.9. The molecule has 1 aliphatic heterocycles. The molecule has 1 saturated carbocycles. The molecule has 30 heavy (non-hydrogen) atoms. The summed E-state index contributed by atoms with van der Waals surface area (Å²) in [4.78, 5) is 4.80. The summed E-state index contributed by atoms with van der Waals surface area (Å²) in [6.07, 6.45) is 4.90. The lowest BCUT2D eigenvalue weighted by Crippen LogP contribution is -2.51. The summed E-state index contributed by atoms with van der Waals surface area (Å²) < 4.78 is 19.6. The smallest absolute Gasteiger partial charge is 0.123 e. The molecule has 1 aliphatic carbocycles. The lowest BCUT2D eigenvalue weighted by Gasteiger charge is -2.42. The van der Waals surface area contributed by atoms with Crippen LogP contribution in [0.2, 0.25) is 0 Å². The van der Waals surface area contributed by atoms with Crippen molar-refractivity contribution in [1.82, 2.24) is 9.80 Å². The molecule has 1 N–H and O–H groups in total. The maximum Gasteiger partial charge on any atom is 0.123 e. The second-order valence-corrected chi connectivity index (χ2v) is 9.06. The van der Waals surface area contributed by atoms with Crippen LogP contribution in [0.5, 0.6) is 0 Å². The summed E-state index contributed by atoms with van der Waals surface area (Å²) in [6.45, 7) is 9.36. The van der Waals surface area contributed by atoms with E-state index in [1.165, 1.54) is 12.1 Å². The van der Waals surface area contributed by atoms with Gasteiger partial charge in [-0.1, -0.05) is 25.1 Å². The van der Waals surface area contributed by atoms with E-state index in [-0.39, 0.29) is 17.7 Å². The highest BCUT2D eigenvalue weighted by atomic mass is 19.1. The van der Waals surface area contributed by atoms with Gasteiger partial charge in [-0.15, -0.1) is 0 Å². The number of benzene rings is 1. The highest BCUT2D eigenvalue weighted by Gasteiger charge is 2.45. The fourth-order valence-corrected chi connectivity index (χ4v) is 5.15. The van der Waals surface area contributed by atoms with Gasteiger partial charge in [0.05, 0.1) is 11.9 Å². The third kappa shape index (κ3) is 4.53. The van der Waals surface area contributed by atoms with Gasteiger partial charge >= 0.3 is 0 Å². The minimum Gasteiger partial charge on any atom is -0.469 e. The maximum atomic E-state index is 13.9. The summed E-state index contributed by atoms with van der Waals surface area (Å²) >= 11 is 0. The van der Waals surface area contributed by atoms with Crippen molar-refractivity contribution in [2.75, 3.05) is 39.8 Å². The van der Waals surface area contributed by atoms with Crippen LogP contribution in [0.15, 0.2) is 59.2 Å². The molecule has 0 spiro atoms. The number of rotatable bonds is 5. The maximum absolute atomic E-state index is 13.9. The van der Waals surface area contributed by atoms with Gasteiger partial charge < -0.3 is 19.3 Å². The quantitative estimate of drug-likeness (QED) is 0.593. The van der Waals surface area contributed by atoms with Crippen molar-refractivity contribution in [2.45, 2.75) is 37.2 Å². The Kier molecular flexibility index (Phi) is 6.42. The molecule has 0 radical (unpaired) electrons. The average molecular weight is 413 g/mol. The largest absolute Gasteiger partial charge is 0.469 e. The summed E-state index contributed by atoms with van der Waals surface area (Å²) in [5.41, 5.74) is 0.505. The van der Waals surface area contributed by atoms with E-state index < -0.39 is 5.60 Å². The third-order valence-corrected chi connectivity index (χ3v) is 7.02. The van der Waals surface area contributed by atoms with Crippen LogP contribution in [0.1, 0.15) is 36.5 Å². The van der Waals surface area contributed by atoms with Crippen LogP contribution in [-0.4, -0.2) is 60.3 Å². The lowest BCUT2D eigenvalue weighted by molar-refractivity contribution is -0.00845. The minimum absolute atomic E-state index is 0.0175. The molecule has 2 fully saturated rings. The number of piperazine rings is 1. The molecule has 1 aromatic heterocycles. The van der Waals surface area contributed by atoms with Gasteiger partial charge in [0, 0.05) is 51.0 Å². The number of likely N-dealkylation sites (N-methyl/N-ethyl adjacent to an activating group) is 1. The Morgan fingerprint density at radius 3 is 2.67 bits per heavy atom. The number of hydrogen-bond donors (Lipinski definition) is 1. The van der Waals surface area contributed by atoms with Gasteiger partial charge in [-0.05, 0) is 55.3 Å². The first-order valence-corrected chi connectivity index (χ1v) is 11.1. The van der Waals surface area contributed by atoms with Crippen molar-refractivity contribution in [1.29, 1.82) is 0 Å². The minimum atomic E-state index is -1.11. The molecule has 2 aromatic rings. The van der Waals surface area contributed by atoms with Crippen LogP contribution in [0.25, 0.3) is 0 Å². The second kappa shape index (κ2) is 9.04. The van der Waals surface area contributed by atoms with Gasteiger partial charge in [-0.25, -0.2) is 4.39 Å². The molecule has 5 heteroatoms.